The van der Waals surface area contributed by atoms with Gasteiger partial charge in [-0.15, -0.1) is 0 Å². The van der Waals surface area contributed by atoms with Crippen molar-refractivity contribution in [2.24, 2.45) is 11.3 Å². The molecule has 2 aromatic rings. The number of halogens is 3. The molecule has 0 bridgehead atoms. The van der Waals surface area contributed by atoms with Crippen molar-refractivity contribution in [2.45, 2.75) is 78.1 Å². The number of hydrogen-bond donors (Lipinski definition) is 2. The van der Waals surface area contributed by atoms with E-state index in [0.29, 0.717) is 11.1 Å². The molecule has 0 spiro atoms. The summed E-state index contributed by atoms with van der Waals surface area (Å²) < 4.78 is 42.2. The van der Waals surface area contributed by atoms with Crippen LogP contribution in [0.4, 0.5) is 19.1 Å². The van der Waals surface area contributed by atoms with Gasteiger partial charge < -0.3 is 9.67 Å². The normalized spacial score (nSPS) is 18.2. The van der Waals surface area contributed by atoms with Gasteiger partial charge in [0.05, 0.1) is 22.0 Å². The first-order chi connectivity index (χ1) is 13.6. The molecule has 166 valence electrons. The molecule has 0 saturated heterocycles. The Morgan fingerprint density at radius 1 is 1.23 bits per heavy atom. The first-order valence-electron chi connectivity index (χ1n) is 10.2. The highest BCUT2D eigenvalue weighted by Gasteiger charge is 2.53. The summed E-state index contributed by atoms with van der Waals surface area (Å²) in [6.07, 6.45) is -1.74. The van der Waals surface area contributed by atoms with E-state index < -0.39 is 29.0 Å². The second-order valence-electron chi connectivity index (χ2n) is 9.81. The Kier molecular flexibility index (Phi) is 5.25. The van der Waals surface area contributed by atoms with Gasteiger partial charge in [-0.05, 0) is 57.7 Å². The Hall–Kier alpha value is -2.09. The third-order valence-corrected chi connectivity index (χ3v) is 6.77. The average molecular weight is 425 g/mol. The summed E-state index contributed by atoms with van der Waals surface area (Å²) in [7, 11) is 0. The van der Waals surface area contributed by atoms with E-state index in [1.54, 1.807) is 26.0 Å². The van der Waals surface area contributed by atoms with Crippen molar-refractivity contribution >= 4 is 22.9 Å². The van der Waals surface area contributed by atoms with Crippen LogP contribution in [0, 0.1) is 11.3 Å². The highest BCUT2D eigenvalue weighted by atomic mass is 19.4. The summed E-state index contributed by atoms with van der Waals surface area (Å²) in [5, 5.41) is 13.1. The smallest absolute Gasteiger partial charge is 0.386 e. The van der Waals surface area contributed by atoms with Gasteiger partial charge in [-0.2, -0.15) is 13.2 Å². The molecule has 0 aliphatic heterocycles. The number of amides is 1. The molecule has 1 atom stereocenters. The van der Waals surface area contributed by atoms with Crippen LogP contribution in [0.15, 0.2) is 18.2 Å². The fraction of sp³-hybridized carbons (Fsp3) is 0.636. The number of carbonyl (C=O) groups is 1. The zero-order valence-corrected chi connectivity index (χ0v) is 18.3. The molecule has 1 fully saturated rings. The number of aromatic nitrogens is 2. The van der Waals surface area contributed by atoms with E-state index in [1.165, 1.54) is 6.92 Å². The van der Waals surface area contributed by atoms with Crippen LogP contribution >= 0.6 is 0 Å². The Morgan fingerprint density at radius 2 is 1.83 bits per heavy atom. The number of nitrogens with one attached hydrogen (secondary N) is 1. The monoisotopic (exact) mass is 425 g/mol. The fourth-order valence-electron chi connectivity index (χ4n) is 3.79. The molecule has 2 N–H and O–H groups in total. The lowest BCUT2D eigenvalue weighted by Crippen LogP contribution is -2.44. The molecule has 1 aliphatic carbocycles. The van der Waals surface area contributed by atoms with Gasteiger partial charge in [-0.3, -0.25) is 10.1 Å². The molecule has 1 aliphatic rings. The number of nitrogens with zero attached hydrogens (tertiary/aromatic N) is 2. The van der Waals surface area contributed by atoms with Crippen molar-refractivity contribution in [3.8, 4) is 0 Å². The van der Waals surface area contributed by atoms with Crippen LogP contribution in [0.3, 0.4) is 0 Å². The Bertz CT molecular complexity index is 966. The Labute approximate surface area is 174 Å². The summed E-state index contributed by atoms with van der Waals surface area (Å²) >= 11 is 0. The molecule has 1 heterocycles. The minimum atomic E-state index is -4.51. The molecule has 5 nitrogen and oxygen atoms in total. The van der Waals surface area contributed by atoms with Gasteiger partial charge in [-0.1, -0.05) is 26.8 Å². The van der Waals surface area contributed by atoms with E-state index in [2.05, 4.69) is 10.3 Å². The first-order valence-corrected chi connectivity index (χ1v) is 10.2. The fourth-order valence-corrected chi connectivity index (χ4v) is 3.79. The lowest BCUT2D eigenvalue weighted by Gasteiger charge is -2.41. The number of imidazole rings is 1. The molecule has 1 saturated carbocycles. The van der Waals surface area contributed by atoms with Crippen molar-refractivity contribution in [3.05, 3.63) is 23.8 Å². The third kappa shape index (κ3) is 3.70. The van der Waals surface area contributed by atoms with E-state index >= 15 is 0 Å². The predicted octanol–water partition coefficient (Wildman–Crippen LogP) is 5.33. The van der Waals surface area contributed by atoms with E-state index in [-0.39, 0.29) is 11.5 Å². The van der Waals surface area contributed by atoms with Gasteiger partial charge in [0.2, 0.25) is 11.9 Å². The summed E-state index contributed by atoms with van der Waals surface area (Å²) in [4.78, 5) is 17.3. The summed E-state index contributed by atoms with van der Waals surface area (Å²) in [6, 6.07) is 5.37. The van der Waals surface area contributed by atoms with Crippen LogP contribution in [0.25, 0.3) is 11.0 Å². The Balaban J connectivity index is 2.06. The van der Waals surface area contributed by atoms with Gasteiger partial charge >= 0.3 is 6.18 Å². The van der Waals surface area contributed by atoms with Crippen LogP contribution in [-0.2, 0) is 15.9 Å². The zero-order valence-electron chi connectivity index (χ0n) is 18.3. The zero-order chi connectivity index (χ0) is 22.7. The highest BCUT2D eigenvalue weighted by molar-refractivity contribution is 5.93. The van der Waals surface area contributed by atoms with Gasteiger partial charge in [0, 0.05) is 11.5 Å². The van der Waals surface area contributed by atoms with Crippen LogP contribution in [0.2, 0.25) is 0 Å². The number of hydrogen-bond acceptors (Lipinski definition) is 3. The maximum atomic E-state index is 13.4. The Morgan fingerprint density at radius 3 is 2.30 bits per heavy atom. The lowest BCUT2D eigenvalue weighted by molar-refractivity contribution is -0.226. The molecule has 3 rings (SSSR count). The molecular formula is C22H30F3N3O2. The van der Waals surface area contributed by atoms with Crippen LogP contribution in [-0.4, -0.2) is 26.7 Å². The summed E-state index contributed by atoms with van der Waals surface area (Å²) in [6.45, 7) is 8.76. The van der Waals surface area contributed by atoms with Crippen molar-refractivity contribution in [1.29, 1.82) is 0 Å². The molecule has 30 heavy (non-hydrogen) atoms. The van der Waals surface area contributed by atoms with Gasteiger partial charge in [-0.25, -0.2) is 4.98 Å². The maximum Gasteiger partial charge on any atom is 0.394 e. The second-order valence-corrected chi connectivity index (χ2v) is 9.81. The average Bonchev–Trinajstić information content (AvgIpc) is 2.94. The number of aliphatic hydroxyl groups is 1. The molecule has 1 aromatic carbocycles. The SMILES string of the molecule is CC(C(=O)Nc1nc2ccc(C(C)(C)O)cc2n1C1(C)CCC1)C(C)(C)C(F)(F)F. The summed E-state index contributed by atoms with van der Waals surface area (Å²) in [5.74, 6) is -1.78. The lowest BCUT2D eigenvalue weighted by atomic mass is 9.78. The molecular weight excluding hydrogens is 395 g/mol. The van der Waals surface area contributed by atoms with E-state index in [4.69, 9.17) is 0 Å². The van der Waals surface area contributed by atoms with Crippen molar-refractivity contribution in [2.75, 3.05) is 5.32 Å². The summed E-state index contributed by atoms with van der Waals surface area (Å²) in [5.41, 5.74) is -1.47. The number of fused-ring (bicyclic) bond motifs is 1. The third-order valence-electron chi connectivity index (χ3n) is 6.77. The topological polar surface area (TPSA) is 67.2 Å². The standard InChI is InChI=1S/C22H30F3N3O2/c1-13(19(2,3)22(23,24)25)17(29)27-18-26-15-9-8-14(20(4,5)30)12-16(15)28(18)21(6)10-7-11-21/h8-9,12-13,30H,7,10-11H2,1-6H3,(H,26,27,29). The quantitative estimate of drug-likeness (QED) is 0.681. The van der Waals surface area contributed by atoms with Crippen molar-refractivity contribution < 1.29 is 23.1 Å². The van der Waals surface area contributed by atoms with Crippen molar-refractivity contribution in [3.63, 3.8) is 0 Å². The number of anilines is 1. The minimum absolute atomic E-state index is 0.245. The molecule has 0 radical (unpaired) electrons. The molecule has 1 aromatic heterocycles. The molecule has 8 heteroatoms. The van der Waals surface area contributed by atoms with Crippen LogP contribution < -0.4 is 5.32 Å². The number of rotatable bonds is 5. The number of carbonyl (C=O) groups excluding carboxylic acids is 1. The first kappa shape index (κ1) is 22.6. The maximum absolute atomic E-state index is 13.4. The molecule has 1 unspecified atom stereocenters. The second kappa shape index (κ2) is 6.97. The van der Waals surface area contributed by atoms with E-state index in [0.717, 1.165) is 38.6 Å². The van der Waals surface area contributed by atoms with Gasteiger partial charge in [0.25, 0.3) is 0 Å². The van der Waals surface area contributed by atoms with Crippen LogP contribution in [0.1, 0.15) is 66.4 Å². The largest absolute Gasteiger partial charge is 0.394 e. The number of benzene rings is 1. The van der Waals surface area contributed by atoms with Crippen LogP contribution in [0.5, 0.6) is 0 Å². The van der Waals surface area contributed by atoms with Gasteiger partial charge in [0.1, 0.15) is 0 Å². The molecule has 1 amide bonds. The van der Waals surface area contributed by atoms with Gasteiger partial charge in [0.15, 0.2) is 0 Å². The predicted molar refractivity (Wildman–Crippen MR) is 110 cm³/mol. The van der Waals surface area contributed by atoms with E-state index in [9.17, 15) is 23.1 Å². The van der Waals surface area contributed by atoms with E-state index in [1.807, 2.05) is 17.6 Å². The number of alkyl halides is 3. The minimum Gasteiger partial charge on any atom is -0.386 e. The van der Waals surface area contributed by atoms with Crippen molar-refractivity contribution in [1.82, 2.24) is 9.55 Å². The highest BCUT2D eigenvalue weighted by Crippen LogP contribution is 2.45.